The Morgan fingerprint density at radius 1 is 1.12 bits per heavy atom. The van der Waals surface area contributed by atoms with Crippen molar-refractivity contribution in [1.29, 1.82) is 0 Å². The fraction of sp³-hybridized carbons (Fsp3) is 0.526. The Balaban J connectivity index is 2.06. The van der Waals surface area contributed by atoms with Crippen molar-refractivity contribution in [3.8, 4) is 0 Å². The second-order valence-electron chi connectivity index (χ2n) is 7.13. The van der Waals surface area contributed by atoms with Crippen LogP contribution in [0, 0.1) is 0 Å². The minimum atomic E-state index is -0.850. The van der Waals surface area contributed by atoms with Gasteiger partial charge in [0.2, 0.25) is 0 Å². The van der Waals surface area contributed by atoms with E-state index in [9.17, 15) is 14.4 Å². The first-order chi connectivity index (χ1) is 12.2. The van der Waals surface area contributed by atoms with Crippen LogP contribution in [0.1, 0.15) is 44.0 Å². The van der Waals surface area contributed by atoms with E-state index in [2.05, 4.69) is 0 Å². The predicted octanol–water partition coefficient (Wildman–Crippen LogP) is 2.78. The van der Waals surface area contributed by atoms with Crippen LogP contribution in [0.15, 0.2) is 30.3 Å². The average molecular weight is 363 g/mol. The summed E-state index contributed by atoms with van der Waals surface area (Å²) in [4.78, 5) is 38.1. The van der Waals surface area contributed by atoms with Crippen LogP contribution < -0.4 is 0 Å². The summed E-state index contributed by atoms with van der Waals surface area (Å²) in [6.45, 7) is 5.51. The fourth-order valence-electron chi connectivity index (χ4n) is 2.73. The van der Waals surface area contributed by atoms with E-state index in [1.807, 2.05) is 6.07 Å². The number of piperidine rings is 1. The van der Waals surface area contributed by atoms with Gasteiger partial charge in [-0.05, 0) is 32.9 Å². The Hall–Kier alpha value is -2.57. The molecule has 0 N–H and O–H groups in total. The van der Waals surface area contributed by atoms with Gasteiger partial charge in [0, 0.05) is 19.4 Å². The summed E-state index contributed by atoms with van der Waals surface area (Å²) in [6, 6.07) is 7.78. The van der Waals surface area contributed by atoms with E-state index in [-0.39, 0.29) is 13.0 Å². The smallest absolute Gasteiger partial charge is 0.411 e. The maximum atomic E-state index is 12.4. The number of amides is 1. The monoisotopic (exact) mass is 363 g/mol. The lowest BCUT2D eigenvalue weighted by Crippen LogP contribution is -2.53. The van der Waals surface area contributed by atoms with E-state index in [4.69, 9.17) is 14.2 Å². The molecule has 1 aromatic rings. The van der Waals surface area contributed by atoms with Crippen LogP contribution in [0.25, 0.3) is 0 Å². The van der Waals surface area contributed by atoms with Gasteiger partial charge in [0.25, 0.3) is 0 Å². The lowest BCUT2D eigenvalue weighted by atomic mass is 9.99. The Morgan fingerprint density at radius 3 is 2.35 bits per heavy atom. The highest BCUT2D eigenvalue weighted by atomic mass is 16.6. The highest BCUT2D eigenvalue weighted by Gasteiger charge is 2.40. The summed E-state index contributed by atoms with van der Waals surface area (Å²) < 4.78 is 15.7. The molecule has 1 aliphatic heterocycles. The van der Waals surface area contributed by atoms with E-state index < -0.39 is 35.8 Å². The van der Waals surface area contributed by atoms with Gasteiger partial charge in [0.1, 0.15) is 17.7 Å². The average Bonchev–Trinajstić information content (AvgIpc) is 2.60. The Kier molecular flexibility index (Phi) is 6.23. The molecule has 0 radical (unpaired) electrons. The quantitative estimate of drug-likeness (QED) is 0.607. The molecule has 0 spiro atoms. The van der Waals surface area contributed by atoms with Crippen molar-refractivity contribution in [2.75, 3.05) is 13.7 Å². The van der Waals surface area contributed by atoms with Gasteiger partial charge in [0.05, 0.1) is 12.7 Å². The number of nitrogens with zero attached hydrogens (tertiary/aromatic N) is 1. The van der Waals surface area contributed by atoms with Crippen LogP contribution in [0.2, 0.25) is 0 Å². The standard InChI is InChI=1S/C19H25NO6/c1-19(2,3)26-18(23)20-11-10-14(12-15(20)17(22)24-4)25-16(21)13-8-6-5-7-9-13/h5-9,14-15H,10-12H2,1-4H3/t14-,15+/m1/s1. The molecule has 1 heterocycles. The molecule has 0 bridgehead atoms. The molecule has 1 aromatic carbocycles. The van der Waals surface area contributed by atoms with Crippen LogP contribution in [-0.4, -0.2) is 54.3 Å². The van der Waals surface area contributed by atoms with Crippen molar-refractivity contribution in [3.63, 3.8) is 0 Å². The maximum absolute atomic E-state index is 12.4. The summed E-state index contributed by atoms with van der Waals surface area (Å²) in [5.74, 6) is -1.01. The largest absolute Gasteiger partial charge is 0.467 e. The minimum Gasteiger partial charge on any atom is -0.467 e. The van der Waals surface area contributed by atoms with Gasteiger partial charge in [0.15, 0.2) is 0 Å². The number of carbonyl (C=O) groups excluding carboxylic acids is 3. The zero-order chi connectivity index (χ0) is 19.3. The number of esters is 2. The van der Waals surface area contributed by atoms with E-state index >= 15 is 0 Å². The van der Waals surface area contributed by atoms with E-state index in [1.54, 1.807) is 45.0 Å². The van der Waals surface area contributed by atoms with Crippen LogP contribution in [0.4, 0.5) is 4.79 Å². The van der Waals surface area contributed by atoms with E-state index in [0.29, 0.717) is 12.0 Å². The van der Waals surface area contributed by atoms with Crippen molar-refractivity contribution in [1.82, 2.24) is 4.90 Å². The van der Waals surface area contributed by atoms with Crippen molar-refractivity contribution in [2.45, 2.75) is 51.4 Å². The topological polar surface area (TPSA) is 82.1 Å². The Bertz CT molecular complexity index is 652. The van der Waals surface area contributed by atoms with Crippen LogP contribution >= 0.6 is 0 Å². The molecule has 26 heavy (non-hydrogen) atoms. The third-order valence-electron chi connectivity index (χ3n) is 3.94. The molecule has 7 nitrogen and oxygen atoms in total. The summed E-state index contributed by atoms with van der Waals surface area (Å²) >= 11 is 0. The molecule has 0 aliphatic carbocycles. The van der Waals surface area contributed by atoms with Crippen molar-refractivity contribution in [3.05, 3.63) is 35.9 Å². The lowest BCUT2D eigenvalue weighted by molar-refractivity contribution is -0.150. The molecule has 142 valence electrons. The molecular formula is C19H25NO6. The molecule has 2 atom stereocenters. The van der Waals surface area contributed by atoms with Gasteiger partial charge in [-0.3, -0.25) is 4.90 Å². The summed E-state index contributed by atoms with van der Waals surface area (Å²) in [7, 11) is 1.26. The number of hydrogen-bond donors (Lipinski definition) is 0. The van der Waals surface area contributed by atoms with Gasteiger partial charge in [-0.25, -0.2) is 14.4 Å². The molecule has 2 rings (SSSR count). The van der Waals surface area contributed by atoms with Gasteiger partial charge in [-0.2, -0.15) is 0 Å². The first-order valence-corrected chi connectivity index (χ1v) is 8.54. The van der Waals surface area contributed by atoms with Gasteiger partial charge >= 0.3 is 18.0 Å². The molecular weight excluding hydrogens is 338 g/mol. The molecule has 0 aromatic heterocycles. The zero-order valence-corrected chi connectivity index (χ0v) is 15.6. The number of benzene rings is 1. The lowest BCUT2D eigenvalue weighted by Gasteiger charge is -2.37. The predicted molar refractivity (Wildman–Crippen MR) is 93.6 cm³/mol. The van der Waals surface area contributed by atoms with E-state index in [1.165, 1.54) is 12.0 Å². The molecule has 0 saturated carbocycles. The number of methoxy groups -OCH3 is 1. The molecule has 7 heteroatoms. The number of hydrogen-bond acceptors (Lipinski definition) is 6. The van der Waals surface area contributed by atoms with Crippen LogP contribution in [-0.2, 0) is 19.0 Å². The number of carbonyl (C=O) groups is 3. The first kappa shape index (κ1) is 19.8. The van der Waals surface area contributed by atoms with Crippen molar-refractivity contribution in [2.24, 2.45) is 0 Å². The molecule has 1 aliphatic rings. The highest BCUT2D eigenvalue weighted by Crippen LogP contribution is 2.24. The molecule has 1 saturated heterocycles. The number of likely N-dealkylation sites (tertiary alicyclic amines) is 1. The normalized spacial score (nSPS) is 20.2. The van der Waals surface area contributed by atoms with Crippen LogP contribution in [0.5, 0.6) is 0 Å². The summed E-state index contributed by atoms with van der Waals surface area (Å²) in [5.41, 5.74) is -0.231. The highest BCUT2D eigenvalue weighted by molar-refractivity contribution is 5.89. The second kappa shape index (κ2) is 8.21. The number of rotatable bonds is 3. The SMILES string of the molecule is COC(=O)[C@@H]1C[C@H](OC(=O)c2ccccc2)CCN1C(=O)OC(C)(C)C. The van der Waals surface area contributed by atoms with Crippen molar-refractivity contribution >= 4 is 18.0 Å². The third-order valence-corrected chi connectivity index (χ3v) is 3.94. The number of ether oxygens (including phenoxy) is 3. The van der Waals surface area contributed by atoms with Crippen LogP contribution in [0.3, 0.4) is 0 Å². The third kappa shape index (κ3) is 5.21. The zero-order valence-electron chi connectivity index (χ0n) is 15.6. The van der Waals surface area contributed by atoms with Gasteiger partial charge < -0.3 is 14.2 Å². The molecule has 1 amide bonds. The molecule has 1 fully saturated rings. The fourth-order valence-corrected chi connectivity index (χ4v) is 2.73. The molecule has 0 unspecified atom stereocenters. The second-order valence-corrected chi connectivity index (χ2v) is 7.13. The minimum absolute atomic E-state index is 0.171. The maximum Gasteiger partial charge on any atom is 0.411 e. The Morgan fingerprint density at radius 2 is 1.77 bits per heavy atom. The van der Waals surface area contributed by atoms with Crippen molar-refractivity contribution < 1.29 is 28.6 Å². The van der Waals surface area contributed by atoms with Gasteiger partial charge in [-0.1, -0.05) is 18.2 Å². The Labute approximate surface area is 153 Å². The first-order valence-electron chi connectivity index (χ1n) is 8.54. The summed E-state index contributed by atoms with van der Waals surface area (Å²) in [5, 5.41) is 0. The van der Waals surface area contributed by atoms with Gasteiger partial charge in [-0.15, -0.1) is 0 Å². The van der Waals surface area contributed by atoms with E-state index in [0.717, 1.165) is 0 Å². The summed E-state index contributed by atoms with van der Waals surface area (Å²) in [6.07, 6.45) is -0.471.